The van der Waals surface area contributed by atoms with Gasteiger partial charge < -0.3 is 9.67 Å². The average Bonchev–Trinajstić information content (AvgIpc) is 2.57. The van der Waals surface area contributed by atoms with E-state index in [0.29, 0.717) is 11.7 Å². The van der Waals surface area contributed by atoms with Crippen molar-refractivity contribution in [3.8, 4) is 0 Å². The van der Waals surface area contributed by atoms with Crippen molar-refractivity contribution in [3.63, 3.8) is 0 Å². The van der Waals surface area contributed by atoms with Gasteiger partial charge in [0.15, 0.2) is 5.16 Å². The number of carboxylic acids is 1. The minimum atomic E-state index is -0.898. The maximum atomic E-state index is 11.3. The van der Waals surface area contributed by atoms with E-state index in [0.717, 1.165) is 5.69 Å². The van der Waals surface area contributed by atoms with Crippen molar-refractivity contribution < 1.29 is 14.1 Å². The number of aliphatic carboxylic acids is 1. The quantitative estimate of drug-likeness (QED) is 0.789. The highest BCUT2D eigenvalue weighted by atomic mass is 32.2. The Balaban J connectivity index is 2.79. The van der Waals surface area contributed by atoms with E-state index in [-0.39, 0.29) is 11.0 Å². The van der Waals surface area contributed by atoms with Gasteiger partial charge in [-0.1, -0.05) is 11.8 Å². The molecular weight excluding hydrogens is 260 g/mol. The largest absolute Gasteiger partial charge is 0.481 e. The predicted octanol–water partition coefficient (Wildman–Crippen LogP) is 1.14. The topological polar surface area (TPSA) is 72.2 Å². The van der Waals surface area contributed by atoms with Crippen LogP contribution in [0.1, 0.15) is 12.6 Å². The highest BCUT2D eigenvalue weighted by molar-refractivity contribution is 7.99. The molecule has 0 aliphatic carbocycles. The van der Waals surface area contributed by atoms with Gasteiger partial charge >= 0.3 is 5.97 Å². The first-order chi connectivity index (χ1) is 7.91. The van der Waals surface area contributed by atoms with Crippen LogP contribution in [-0.4, -0.2) is 42.1 Å². The summed E-state index contributed by atoms with van der Waals surface area (Å²) in [6.07, 6.45) is 3.37. The van der Waals surface area contributed by atoms with Crippen LogP contribution >= 0.6 is 11.8 Å². The number of aryl methyl sites for hydroxylation is 1. The molecule has 1 N–H and O–H groups in total. The molecule has 5 nitrogen and oxygen atoms in total. The van der Waals surface area contributed by atoms with E-state index in [9.17, 15) is 9.00 Å². The van der Waals surface area contributed by atoms with Gasteiger partial charge in [-0.15, -0.1) is 0 Å². The minimum Gasteiger partial charge on any atom is -0.481 e. The molecule has 0 amide bonds. The van der Waals surface area contributed by atoms with Crippen LogP contribution in [0.4, 0.5) is 0 Å². The molecule has 7 heteroatoms. The fraction of sp³-hybridized carbons (Fsp3) is 0.600. The summed E-state index contributed by atoms with van der Waals surface area (Å²) < 4.78 is 13.3. The molecule has 0 spiro atoms. The number of hydrogen-bond acceptors (Lipinski definition) is 4. The van der Waals surface area contributed by atoms with Gasteiger partial charge in [-0.2, -0.15) is 0 Å². The number of thioether (sulfide) groups is 1. The van der Waals surface area contributed by atoms with Crippen LogP contribution in [-0.2, 0) is 22.1 Å². The molecule has 2 unspecified atom stereocenters. The lowest BCUT2D eigenvalue weighted by molar-refractivity contribution is -0.133. The van der Waals surface area contributed by atoms with Crippen molar-refractivity contribution in [3.05, 3.63) is 11.9 Å². The molecule has 0 aliphatic rings. The third kappa shape index (κ3) is 4.16. The van der Waals surface area contributed by atoms with Crippen LogP contribution in [0.2, 0.25) is 0 Å². The van der Waals surface area contributed by atoms with Crippen LogP contribution in [0.5, 0.6) is 0 Å². The van der Waals surface area contributed by atoms with Gasteiger partial charge in [-0.25, -0.2) is 4.98 Å². The second-order valence-corrected chi connectivity index (χ2v) is 6.53. The van der Waals surface area contributed by atoms with E-state index in [1.807, 2.05) is 18.4 Å². The van der Waals surface area contributed by atoms with Gasteiger partial charge in [0.25, 0.3) is 0 Å². The summed E-state index contributed by atoms with van der Waals surface area (Å²) in [5.41, 5.74) is 0.954. The van der Waals surface area contributed by atoms with Crippen molar-refractivity contribution in [2.45, 2.75) is 30.8 Å². The zero-order valence-corrected chi connectivity index (χ0v) is 11.7. The van der Waals surface area contributed by atoms with Gasteiger partial charge in [0.1, 0.15) is 0 Å². The second kappa shape index (κ2) is 6.20. The van der Waals surface area contributed by atoms with Crippen molar-refractivity contribution in [1.82, 2.24) is 9.55 Å². The lowest BCUT2D eigenvalue weighted by atomic mass is 10.4. The van der Waals surface area contributed by atoms with Gasteiger partial charge in [0, 0.05) is 40.7 Å². The Labute approximate surface area is 107 Å². The fourth-order valence-electron chi connectivity index (χ4n) is 1.26. The molecule has 1 rings (SSSR count). The molecule has 0 saturated carbocycles. The van der Waals surface area contributed by atoms with Gasteiger partial charge in [0.2, 0.25) is 0 Å². The Morgan fingerprint density at radius 2 is 2.35 bits per heavy atom. The zero-order valence-electron chi connectivity index (χ0n) is 10.0. The van der Waals surface area contributed by atoms with Crippen molar-refractivity contribution in [2.24, 2.45) is 0 Å². The van der Waals surface area contributed by atoms with Gasteiger partial charge in [-0.05, 0) is 13.8 Å². The van der Waals surface area contributed by atoms with Gasteiger partial charge in [0.05, 0.1) is 5.75 Å². The van der Waals surface area contributed by atoms with Crippen LogP contribution in [0.3, 0.4) is 0 Å². The molecule has 1 aromatic heterocycles. The van der Waals surface area contributed by atoms with E-state index >= 15 is 0 Å². The third-order valence-corrected chi connectivity index (χ3v) is 4.61. The molecule has 0 saturated heterocycles. The fourth-order valence-corrected chi connectivity index (χ4v) is 2.38. The summed E-state index contributed by atoms with van der Waals surface area (Å²) in [4.78, 5) is 14.7. The first kappa shape index (κ1) is 14.2. The highest BCUT2D eigenvalue weighted by Crippen LogP contribution is 2.19. The number of hydrogen-bond donors (Lipinski definition) is 1. The Morgan fingerprint density at radius 1 is 1.71 bits per heavy atom. The summed E-state index contributed by atoms with van der Waals surface area (Å²) in [6, 6.07) is 0. The minimum absolute atomic E-state index is 0.0138. The van der Waals surface area contributed by atoms with Crippen LogP contribution < -0.4 is 0 Å². The first-order valence-electron chi connectivity index (χ1n) is 5.10. The molecule has 0 fully saturated rings. The maximum Gasteiger partial charge on any atom is 0.313 e. The molecule has 0 aromatic carbocycles. The van der Waals surface area contributed by atoms with E-state index < -0.39 is 16.8 Å². The average molecular weight is 276 g/mol. The Hall–Kier alpha value is -0.820. The molecular formula is C10H16N2O3S2. The summed E-state index contributed by atoms with van der Waals surface area (Å²) in [5.74, 6) is -0.880. The molecule has 0 bridgehead atoms. The van der Waals surface area contributed by atoms with Crippen LogP contribution in [0.25, 0.3) is 0 Å². The highest BCUT2D eigenvalue weighted by Gasteiger charge is 2.14. The van der Waals surface area contributed by atoms with Crippen LogP contribution in [0, 0.1) is 6.92 Å². The number of carboxylic acid groups (broad SMARTS) is 1. The van der Waals surface area contributed by atoms with E-state index in [1.54, 1.807) is 12.5 Å². The SMILES string of the molecule is Cc1cnc(SCC(=O)O)n1CC(C)S(C)=O. The molecule has 1 aromatic rings. The lowest BCUT2D eigenvalue weighted by Gasteiger charge is -2.13. The molecule has 96 valence electrons. The molecule has 17 heavy (non-hydrogen) atoms. The normalized spacial score (nSPS) is 14.5. The van der Waals surface area contributed by atoms with Crippen molar-refractivity contribution >= 4 is 28.5 Å². The predicted molar refractivity (Wildman–Crippen MR) is 68.9 cm³/mol. The monoisotopic (exact) mass is 276 g/mol. The van der Waals surface area contributed by atoms with E-state index in [4.69, 9.17) is 5.11 Å². The Morgan fingerprint density at radius 3 is 2.88 bits per heavy atom. The molecule has 0 aliphatic heterocycles. The van der Waals surface area contributed by atoms with Crippen molar-refractivity contribution in [1.29, 1.82) is 0 Å². The van der Waals surface area contributed by atoms with Gasteiger partial charge in [-0.3, -0.25) is 9.00 Å². The number of aromatic nitrogens is 2. The summed E-state index contributed by atoms with van der Waals surface area (Å²) >= 11 is 1.18. The van der Waals surface area contributed by atoms with E-state index in [1.165, 1.54) is 11.8 Å². The lowest BCUT2D eigenvalue weighted by Crippen LogP contribution is -2.19. The third-order valence-electron chi connectivity index (χ3n) is 2.35. The molecule has 2 atom stereocenters. The number of nitrogens with zero attached hydrogens (tertiary/aromatic N) is 2. The summed E-state index contributed by atoms with van der Waals surface area (Å²) in [6.45, 7) is 4.40. The van der Waals surface area contributed by atoms with E-state index in [2.05, 4.69) is 4.98 Å². The Kier molecular flexibility index (Phi) is 5.20. The number of carbonyl (C=O) groups is 1. The summed E-state index contributed by atoms with van der Waals surface area (Å²) in [7, 11) is -0.898. The number of imidazole rings is 1. The standard InChI is InChI=1S/C10H16N2O3S2/c1-7-4-11-10(16-6-9(13)14)12(7)5-8(2)17(3)15/h4,8H,5-6H2,1-3H3,(H,13,14). The smallest absolute Gasteiger partial charge is 0.313 e. The maximum absolute atomic E-state index is 11.3. The van der Waals surface area contributed by atoms with Crippen LogP contribution in [0.15, 0.2) is 11.4 Å². The molecule has 1 heterocycles. The first-order valence-corrected chi connectivity index (χ1v) is 7.71. The van der Waals surface area contributed by atoms with Crippen molar-refractivity contribution in [2.75, 3.05) is 12.0 Å². The number of rotatable bonds is 6. The summed E-state index contributed by atoms with van der Waals surface area (Å²) in [5, 5.41) is 9.33. The molecule has 0 radical (unpaired) electrons. The second-order valence-electron chi connectivity index (χ2n) is 3.78. The zero-order chi connectivity index (χ0) is 13.0. The Bertz CT molecular complexity index is 431.